The van der Waals surface area contributed by atoms with Crippen LogP contribution in [0.15, 0.2) is 0 Å². The van der Waals surface area contributed by atoms with Gasteiger partial charge in [-0.05, 0) is 93.3 Å². The highest BCUT2D eigenvalue weighted by atomic mass is 16.5. The Labute approximate surface area is 188 Å². The Hall–Kier alpha value is -0.900. The minimum atomic E-state index is 0.0496. The fourth-order valence-corrected chi connectivity index (χ4v) is 8.99. The molecule has 0 aromatic carbocycles. The number of nitrogens with one attached hydrogen (secondary N) is 1. The molecule has 0 spiro atoms. The molecule has 7 atom stereocenters. The van der Waals surface area contributed by atoms with Crippen molar-refractivity contribution in [3.63, 3.8) is 0 Å². The molecule has 5 fully saturated rings. The molecule has 1 heterocycles. The van der Waals surface area contributed by atoms with Crippen LogP contribution in [0.4, 0.5) is 0 Å². The number of quaternary nitrogens is 1. The molecule has 0 aromatic rings. The summed E-state index contributed by atoms with van der Waals surface area (Å²) in [5.74, 6) is 3.41. The number of ether oxygens (including phenoxy) is 1. The third-order valence-corrected chi connectivity index (χ3v) is 10.9. The monoisotopic (exact) mass is 430 g/mol. The van der Waals surface area contributed by atoms with E-state index in [9.17, 15) is 9.59 Å². The Morgan fingerprint density at radius 1 is 0.968 bits per heavy atom. The van der Waals surface area contributed by atoms with Gasteiger partial charge in [0.2, 0.25) is 0 Å². The largest absolute Gasteiger partial charge is 0.462 e. The van der Waals surface area contributed by atoms with E-state index in [1.807, 2.05) is 0 Å². The number of hydrogen-bond acceptors (Lipinski definition) is 3. The first kappa shape index (κ1) is 21.9. The lowest BCUT2D eigenvalue weighted by molar-refractivity contribution is -0.904. The van der Waals surface area contributed by atoms with Gasteiger partial charge in [0.25, 0.3) is 0 Å². The van der Waals surface area contributed by atoms with Crippen LogP contribution in [-0.2, 0) is 14.3 Å². The van der Waals surface area contributed by atoms with Crippen molar-refractivity contribution in [2.45, 2.75) is 103 Å². The summed E-state index contributed by atoms with van der Waals surface area (Å²) in [6.45, 7) is 8.36. The second kappa shape index (κ2) is 8.47. The van der Waals surface area contributed by atoms with Crippen molar-refractivity contribution >= 4 is 11.8 Å². The zero-order chi connectivity index (χ0) is 21.6. The maximum atomic E-state index is 12.7. The summed E-state index contributed by atoms with van der Waals surface area (Å²) >= 11 is 0. The maximum Gasteiger partial charge on any atom is 0.311 e. The Morgan fingerprint density at radius 3 is 2.55 bits per heavy atom. The van der Waals surface area contributed by atoms with E-state index in [1.54, 1.807) is 4.90 Å². The van der Waals surface area contributed by atoms with Gasteiger partial charge < -0.3 is 9.64 Å². The molecule has 4 aliphatic carbocycles. The van der Waals surface area contributed by atoms with E-state index < -0.39 is 0 Å². The van der Waals surface area contributed by atoms with E-state index in [4.69, 9.17) is 4.74 Å². The van der Waals surface area contributed by atoms with Crippen LogP contribution in [0.25, 0.3) is 0 Å². The van der Waals surface area contributed by atoms with Gasteiger partial charge in [-0.2, -0.15) is 0 Å². The standard InChI is InChI=1S/C27H43NO3/c1-26-13-10-20(29)18-19(26)6-7-21-22-8-9-24(27(22,2)14-11-23(21)26)31-25(30)12-17-28-15-4-3-5-16-28/h19,21-24H,3-18H2,1-2H3/p+1. The summed E-state index contributed by atoms with van der Waals surface area (Å²) < 4.78 is 6.20. The summed E-state index contributed by atoms with van der Waals surface area (Å²) in [6.07, 6.45) is 14.7. The Kier molecular flexibility index (Phi) is 5.99. The minimum Gasteiger partial charge on any atom is -0.462 e. The van der Waals surface area contributed by atoms with Gasteiger partial charge in [-0.3, -0.25) is 9.59 Å². The van der Waals surface area contributed by atoms with E-state index in [-0.39, 0.29) is 17.5 Å². The van der Waals surface area contributed by atoms with Gasteiger partial charge in [-0.15, -0.1) is 0 Å². The molecule has 4 saturated carbocycles. The van der Waals surface area contributed by atoms with Crippen LogP contribution in [0.1, 0.15) is 97.3 Å². The number of ketones is 1. The second-order valence-electron chi connectivity index (χ2n) is 12.3. The highest BCUT2D eigenvalue weighted by Crippen LogP contribution is 2.66. The van der Waals surface area contributed by atoms with Gasteiger partial charge in [0.05, 0.1) is 26.1 Å². The molecule has 31 heavy (non-hydrogen) atoms. The molecule has 0 bridgehead atoms. The number of esters is 1. The van der Waals surface area contributed by atoms with E-state index in [2.05, 4.69) is 13.8 Å². The first-order valence-electron chi connectivity index (χ1n) is 13.4. The molecule has 0 radical (unpaired) electrons. The smallest absolute Gasteiger partial charge is 0.311 e. The van der Waals surface area contributed by atoms with Crippen molar-refractivity contribution in [2.24, 2.45) is 34.5 Å². The number of fused-ring (bicyclic) bond motifs is 5. The number of hydrogen-bond donors (Lipinski definition) is 1. The molecular weight excluding hydrogens is 386 g/mol. The highest BCUT2D eigenvalue weighted by molar-refractivity contribution is 5.79. The molecule has 0 amide bonds. The first-order valence-corrected chi connectivity index (χ1v) is 13.4. The fourth-order valence-electron chi connectivity index (χ4n) is 8.99. The minimum absolute atomic E-state index is 0.0496. The average molecular weight is 431 g/mol. The molecular formula is C27H44NO3+. The zero-order valence-corrected chi connectivity index (χ0v) is 19.9. The third kappa shape index (κ3) is 3.89. The van der Waals surface area contributed by atoms with Crippen LogP contribution < -0.4 is 4.90 Å². The number of rotatable bonds is 4. The Morgan fingerprint density at radius 2 is 1.74 bits per heavy atom. The number of carbonyl (C=O) groups excluding carboxylic acids is 2. The number of piperidine rings is 1. The lowest BCUT2D eigenvalue weighted by Crippen LogP contribution is -3.12. The number of Topliss-reactive ketones (excluding diaryl/α,β-unsaturated/α-hetero) is 1. The molecule has 1 N–H and O–H groups in total. The van der Waals surface area contributed by atoms with Gasteiger partial charge in [0.1, 0.15) is 11.9 Å². The topological polar surface area (TPSA) is 47.8 Å². The summed E-state index contributed by atoms with van der Waals surface area (Å²) in [6, 6.07) is 0. The van der Waals surface area contributed by atoms with Gasteiger partial charge in [-0.25, -0.2) is 0 Å². The van der Waals surface area contributed by atoms with E-state index in [0.717, 1.165) is 44.1 Å². The SMILES string of the molecule is CC12CCC(=O)CC1CCC1C2CCC2(C)C(OC(=O)CC[NH+]3CCCCC3)CCC12. The molecule has 1 saturated heterocycles. The van der Waals surface area contributed by atoms with Crippen LogP contribution >= 0.6 is 0 Å². The molecule has 5 aliphatic rings. The summed E-state index contributed by atoms with van der Waals surface area (Å²) in [5.41, 5.74) is 0.534. The first-order chi connectivity index (χ1) is 14.9. The van der Waals surface area contributed by atoms with E-state index in [0.29, 0.717) is 29.5 Å². The summed E-state index contributed by atoms with van der Waals surface area (Å²) in [7, 11) is 0. The lowest BCUT2D eigenvalue weighted by atomic mass is 9.45. The highest BCUT2D eigenvalue weighted by Gasteiger charge is 2.61. The predicted molar refractivity (Wildman–Crippen MR) is 121 cm³/mol. The van der Waals surface area contributed by atoms with Crippen LogP contribution in [0.3, 0.4) is 0 Å². The Bertz CT molecular complexity index is 701. The van der Waals surface area contributed by atoms with E-state index >= 15 is 0 Å². The summed E-state index contributed by atoms with van der Waals surface area (Å²) in [5, 5.41) is 0. The quantitative estimate of drug-likeness (QED) is 0.687. The van der Waals surface area contributed by atoms with Gasteiger partial charge >= 0.3 is 5.97 Å². The normalized spacial score (nSPS) is 45.5. The van der Waals surface area contributed by atoms with Crippen molar-refractivity contribution in [1.29, 1.82) is 0 Å². The van der Waals surface area contributed by atoms with Crippen molar-refractivity contribution in [3.05, 3.63) is 0 Å². The van der Waals surface area contributed by atoms with Crippen molar-refractivity contribution < 1.29 is 19.2 Å². The second-order valence-corrected chi connectivity index (χ2v) is 12.3. The maximum absolute atomic E-state index is 12.7. The van der Waals surface area contributed by atoms with Crippen LogP contribution in [-0.4, -0.2) is 37.5 Å². The van der Waals surface area contributed by atoms with Gasteiger partial charge in [0, 0.05) is 18.3 Å². The van der Waals surface area contributed by atoms with E-state index in [1.165, 1.54) is 64.5 Å². The third-order valence-electron chi connectivity index (χ3n) is 10.9. The molecule has 1 aliphatic heterocycles. The van der Waals surface area contributed by atoms with Gasteiger partial charge in [-0.1, -0.05) is 13.8 Å². The van der Waals surface area contributed by atoms with Crippen LogP contribution in [0, 0.1) is 34.5 Å². The van der Waals surface area contributed by atoms with Crippen molar-refractivity contribution in [2.75, 3.05) is 19.6 Å². The number of likely N-dealkylation sites (tertiary alicyclic amines) is 1. The van der Waals surface area contributed by atoms with Crippen molar-refractivity contribution in [1.82, 2.24) is 0 Å². The molecule has 0 aromatic heterocycles. The Balaban J connectivity index is 1.22. The fraction of sp³-hybridized carbons (Fsp3) is 0.926. The van der Waals surface area contributed by atoms with Crippen LogP contribution in [0.5, 0.6) is 0 Å². The van der Waals surface area contributed by atoms with Crippen molar-refractivity contribution in [3.8, 4) is 0 Å². The average Bonchev–Trinajstić information content (AvgIpc) is 3.10. The zero-order valence-electron chi connectivity index (χ0n) is 19.9. The molecule has 4 heteroatoms. The lowest BCUT2D eigenvalue weighted by Gasteiger charge is -2.60. The molecule has 7 unspecified atom stereocenters. The molecule has 5 rings (SSSR count). The molecule has 4 nitrogen and oxygen atoms in total. The number of carbonyl (C=O) groups is 2. The van der Waals surface area contributed by atoms with Gasteiger partial charge in [0.15, 0.2) is 0 Å². The summed E-state index contributed by atoms with van der Waals surface area (Å²) in [4.78, 5) is 26.4. The molecule has 174 valence electrons. The van der Waals surface area contributed by atoms with Crippen LogP contribution in [0.2, 0.25) is 0 Å². The predicted octanol–water partition coefficient (Wildman–Crippen LogP) is 3.97.